The van der Waals surface area contributed by atoms with E-state index in [1.807, 2.05) is 27.7 Å². The summed E-state index contributed by atoms with van der Waals surface area (Å²) in [5.74, 6) is -2.47. The highest BCUT2D eigenvalue weighted by Gasteiger charge is 2.39. The molecule has 1 aromatic heterocycles. The molecule has 11 nitrogen and oxygen atoms in total. The summed E-state index contributed by atoms with van der Waals surface area (Å²) < 4.78 is 0. The molecule has 0 radical (unpaired) electrons. The van der Waals surface area contributed by atoms with Crippen LogP contribution in [0.15, 0.2) is 12.5 Å². The zero-order valence-electron chi connectivity index (χ0n) is 20.4. The number of imidazole rings is 1. The average Bonchev–Trinajstić information content (AvgIpc) is 3.47. The van der Waals surface area contributed by atoms with Gasteiger partial charge in [-0.2, -0.15) is 0 Å². The van der Waals surface area contributed by atoms with Crippen LogP contribution in [-0.2, 0) is 25.6 Å². The van der Waals surface area contributed by atoms with Gasteiger partial charge in [-0.1, -0.05) is 34.1 Å². The van der Waals surface area contributed by atoms with Crippen LogP contribution in [0.25, 0.3) is 0 Å². The van der Waals surface area contributed by atoms with Gasteiger partial charge in [-0.3, -0.25) is 14.4 Å². The summed E-state index contributed by atoms with van der Waals surface area (Å²) in [6.45, 7) is 7.97. The molecular formula is C23H38N6O5. The van der Waals surface area contributed by atoms with E-state index in [-0.39, 0.29) is 18.3 Å². The van der Waals surface area contributed by atoms with E-state index in [2.05, 4.69) is 20.6 Å². The predicted molar refractivity (Wildman–Crippen MR) is 125 cm³/mol. The molecule has 34 heavy (non-hydrogen) atoms. The number of nitrogens with zero attached hydrogens (tertiary/aromatic N) is 2. The number of hydrogen-bond donors (Lipinski definition) is 5. The molecule has 1 aromatic rings. The summed E-state index contributed by atoms with van der Waals surface area (Å²) in [6, 6.07) is -3.57. The highest BCUT2D eigenvalue weighted by atomic mass is 16.4. The van der Waals surface area contributed by atoms with Crippen LogP contribution in [0, 0.1) is 11.8 Å². The van der Waals surface area contributed by atoms with Crippen LogP contribution in [0.2, 0.25) is 0 Å². The van der Waals surface area contributed by atoms with E-state index in [4.69, 9.17) is 5.73 Å². The Labute approximate surface area is 200 Å². The molecule has 0 aliphatic carbocycles. The van der Waals surface area contributed by atoms with Crippen molar-refractivity contribution in [2.24, 2.45) is 17.6 Å². The van der Waals surface area contributed by atoms with Crippen LogP contribution >= 0.6 is 0 Å². The summed E-state index contributed by atoms with van der Waals surface area (Å²) in [5, 5.41) is 15.0. The van der Waals surface area contributed by atoms with Gasteiger partial charge in [-0.15, -0.1) is 0 Å². The quantitative estimate of drug-likeness (QED) is 0.290. The third-order valence-corrected chi connectivity index (χ3v) is 6.27. The summed E-state index contributed by atoms with van der Waals surface area (Å²) >= 11 is 0. The maximum absolute atomic E-state index is 13.3. The maximum atomic E-state index is 13.3. The smallest absolute Gasteiger partial charge is 0.326 e. The topological polar surface area (TPSA) is 171 Å². The van der Waals surface area contributed by atoms with E-state index in [9.17, 15) is 24.3 Å². The fourth-order valence-corrected chi connectivity index (χ4v) is 4.14. The first-order valence-electron chi connectivity index (χ1n) is 11.9. The molecule has 2 heterocycles. The van der Waals surface area contributed by atoms with Crippen molar-refractivity contribution in [2.75, 3.05) is 6.54 Å². The van der Waals surface area contributed by atoms with Gasteiger partial charge in [-0.05, 0) is 31.1 Å². The number of rotatable bonds is 12. The van der Waals surface area contributed by atoms with Crippen molar-refractivity contribution in [1.29, 1.82) is 0 Å². The lowest BCUT2D eigenvalue weighted by molar-refractivity contribution is -0.149. The van der Waals surface area contributed by atoms with Gasteiger partial charge in [-0.25, -0.2) is 9.78 Å². The van der Waals surface area contributed by atoms with Crippen molar-refractivity contribution in [2.45, 2.75) is 84.0 Å². The third-order valence-electron chi connectivity index (χ3n) is 6.27. The highest BCUT2D eigenvalue weighted by Crippen LogP contribution is 2.20. The maximum Gasteiger partial charge on any atom is 0.326 e. The second kappa shape index (κ2) is 12.5. The van der Waals surface area contributed by atoms with E-state index >= 15 is 0 Å². The monoisotopic (exact) mass is 478 g/mol. The number of carbonyl (C=O) groups is 4. The average molecular weight is 479 g/mol. The molecule has 0 aromatic carbocycles. The standard InChI is InChI=1S/C23H38N6O5/c1-5-14(4)19(28-20(30)16(24)9-13(2)3)21(31)27-17(10-15-11-25-12-26-15)22(32)29-8-6-7-18(29)23(33)34/h11-14,16-19H,5-10,24H2,1-4H3,(H,25,26)(H,27,31)(H,28,30)(H,33,34). The highest BCUT2D eigenvalue weighted by molar-refractivity contribution is 5.94. The van der Waals surface area contributed by atoms with Crippen LogP contribution in [0.3, 0.4) is 0 Å². The number of nitrogens with one attached hydrogen (secondary N) is 3. The SMILES string of the molecule is CCC(C)C(NC(=O)C(N)CC(C)C)C(=O)NC(Cc1cnc[nH]1)C(=O)N1CCCC1C(=O)O. The second-order valence-corrected chi connectivity index (χ2v) is 9.48. The van der Waals surface area contributed by atoms with Crippen molar-refractivity contribution < 1.29 is 24.3 Å². The number of aromatic amines is 1. The summed E-state index contributed by atoms with van der Waals surface area (Å²) in [6.07, 6.45) is 5.16. The first kappa shape index (κ1) is 27.3. The van der Waals surface area contributed by atoms with Gasteiger partial charge >= 0.3 is 5.97 Å². The first-order chi connectivity index (χ1) is 16.0. The third kappa shape index (κ3) is 7.28. The molecule has 5 unspecified atom stereocenters. The number of carbonyl (C=O) groups excluding carboxylic acids is 3. The van der Waals surface area contributed by atoms with Crippen molar-refractivity contribution in [3.05, 3.63) is 18.2 Å². The normalized spacial score (nSPS) is 19.4. The number of hydrogen-bond acceptors (Lipinski definition) is 6. The lowest BCUT2D eigenvalue weighted by atomic mass is 9.96. The minimum Gasteiger partial charge on any atom is -0.480 e. The Hall–Kier alpha value is -2.95. The molecule has 3 amide bonds. The van der Waals surface area contributed by atoms with E-state index < -0.39 is 47.9 Å². The minimum atomic E-state index is -1.07. The van der Waals surface area contributed by atoms with Gasteiger partial charge in [0, 0.05) is 24.9 Å². The molecule has 0 spiro atoms. The minimum absolute atomic E-state index is 0.113. The zero-order chi connectivity index (χ0) is 25.4. The Morgan fingerprint density at radius 2 is 1.94 bits per heavy atom. The first-order valence-corrected chi connectivity index (χ1v) is 11.9. The molecule has 11 heteroatoms. The molecule has 5 atom stereocenters. The van der Waals surface area contributed by atoms with Crippen LogP contribution < -0.4 is 16.4 Å². The zero-order valence-corrected chi connectivity index (χ0v) is 20.4. The molecule has 1 saturated heterocycles. The lowest BCUT2D eigenvalue weighted by Gasteiger charge is -2.30. The van der Waals surface area contributed by atoms with Gasteiger partial charge in [0.1, 0.15) is 18.1 Å². The van der Waals surface area contributed by atoms with Gasteiger partial charge in [0.05, 0.1) is 12.4 Å². The molecule has 2 rings (SSSR count). The van der Waals surface area contributed by atoms with E-state index in [0.29, 0.717) is 37.9 Å². The number of carboxylic acid groups (broad SMARTS) is 1. The number of aliphatic carboxylic acids is 1. The number of likely N-dealkylation sites (tertiary alicyclic amines) is 1. The molecular weight excluding hydrogens is 440 g/mol. The largest absolute Gasteiger partial charge is 0.480 e. The number of aromatic nitrogens is 2. The molecule has 1 fully saturated rings. The lowest BCUT2D eigenvalue weighted by Crippen LogP contribution is -2.59. The van der Waals surface area contributed by atoms with Gasteiger partial charge in [0.25, 0.3) is 0 Å². The fourth-order valence-electron chi connectivity index (χ4n) is 4.14. The Morgan fingerprint density at radius 1 is 1.24 bits per heavy atom. The number of amides is 3. The molecule has 190 valence electrons. The number of carboxylic acids is 1. The number of nitrogens with two attached hydrogens (primary N) is 1. The Balaban J connectivity index is 2.22. The Kier molecular flexibility index (Phi) is 10.0. The fraction of sp³-hybridized carbons (Fsp3) is 0.696. The van der Waals surface area contributed by atoms with Crippen molar-refractivity contribution in [3.8, 4) is 0 Å². The van der Waals surface area contributed by atoms with Crippen molar-refractivity contribution >= 4 is 23.7 Å². The number of H-pyrrole nitrogens is 1. The summed E-state index contributed by atoms with van der Waals surface area (Å²) in [7, 11) is 0. The molecule has 0 bridgehead atoms. The molecule has 6 N–H and O–H groups in total. The van der Waals surface area contributed by atoms with Crippen molar-refractivity contribution in [3.63, 3.8) is 0 Å². The molecule has 1 aliphatic rings. The van der Waals surface area contributed by atoms with Crippen LogP contribution in [0.1, 0.15) is 59.1 Å². The van der Waals surface area contributed by atoms with Gasteiger partial charge < -0.3 is 31.4 Å². The van der Waals surface area contributed by atoms with Crippen LogP contribution in [-0.4, -0.2) is 74.4 Å². The molecule has 1 aliphatic heterocycles. The van der Waals surface area contributed by atoms with Crippen LogP contribution in [0.5, 0.6) is 0 Å². The van der Waals surface area contributed by atoms with E-state index in [0.717, 1.165) is 0 Å². The molecule has 0 saturated carbocycles. The van der Waals surface area contributed by atoms with Crippen LogP contribution in [0.4, 0.5) is 0 Å². The van der Waals surface area contributed by atoms with E-state index in [1.165, 1.54) is 11.2 Å². The second-order valence-electron chi connectivity index (χ2n) is 9.48. The Morgan fingerprint density at radius 3 is 2.50 bits per heavy atom. The summed E-state index contributed by atoms with van der Waals surface area (Å²) in [4.78, 5) is 59.1. The predicted octanol–water partition coefficient (Wildman–Crippen LogP) is 0.417. The van der Waals surface area contributed by atoms with E-state index in [1.54, 1.807) is 6.20 Å². The van der Waals surface area contributed by atoms with Crippen molar-refractivity contribution in [1.82, 2.24) is 25.5 Å². The van der Waals surface area contributed by atoms with Gasteiger partial charge in [0.15, 0.2) is 0 Å². The van der Waals surface area contributed by atoms with Gasteiger partial charge in [0.2, 0.25) is 17.7 Å². The summed E-state index contributed by atoms with van der Waals surface area (Å²) in [5.41, 5.74) is 6.62. The Bertz CT molecular complexity index is 843.